The number of nitrogens with one attached hydrogen (secondary N) is 4. The van der Waals surface area contributed by atoms with Gasteiger partial charge >= 0.3 is 0 Å². The third-order valence-corrected chi connectivity index (χ3v) is 5.36. The lowest BCUT2D eigenvalue weighted by molar-refractivity contribution is -0.122. The van der Waals surface area contributed by atoms with E-state index in [1.807, 2.05) is 0 Å². The van der Waals surface area contributed by atoms with E-state index in [0.29, 0.717) is 11.4 Å². The second-order valence-corrected chi connectivity index (χ2v) is 8.09. The molecule has 1 aromatic carbocycles. The van der Waals surface area contributed by atoms with Crippen molar-refractivity contribution in [1.29, 1.82) is 0 Å². The molecule has 0 unspecified atom stereocenters. The second-order valence-electron chi connectivity index (χ2n) is 6.38. The van der Waals surface area contributed by atoms with Crippen molar-refractivity contribution in [3.8, 4) is 0 Å². The van der Waals surface area contributed by atoms with Gasteiger partial charge in [0.05, 0.1) is 22.8 Å². The molecule has 0 aliphatic rings. The van der Waals surface area contributed by atoms with Gasteiger partial charge in [0.2, 0.25) is 27.7 Å². The van der Waals surface area contributed by atoms with Crippen molar-refractivity contribution in [1.82, 2.24) is 15.0 Å². The third-order valence-electron chi connectivity index (χ3n) is 3.81. The first kappa shape index (κ1) is 23.0. The van der Waals surface area contributed by atoms with Crippen molar-refractivity contribution in [2.24, 2.45) is 0 Å². The number of hydrogen-bond donors (Lipinski definition) is 4. The van der Waals surface area contributed by atoms with E-state index in [2.05, 4.69) is 25.7 Å². The van der Waals surface area contributed by atoms with Crippen molar-refractivity contribution >= 4 is 39.1 Å². The molecule has 0 bridgehead atoms. The van der Waals surface area contributed by atoms with Crippen LogP contribution >= 0.6 is 0 Å². The summed E-state index contributed by atoms with van der Waals surface area (Å²) >= 11 is 0. The fourth-order valence-electron chi connectivity index (χ4n) is 2.39. The zero-order valence-electron chi connectivity index (χ0n) is 16.5. The number of hydrogen-bond acceptors (Lipinski definition) is 6. The molecular weight excluding hydrogens is 410 g/mol. The Kier molecular flexibility index (Phi) is 8.01. The van der Waals surface area contributed by atoms with Crippen LogP contribution in [0.25, 0.3) is 0 Å². The van der Waals surface area contributed by atoms with Gasteiger partial charge in [0.25, 0.3) is 0 Å². The number of aromatic nitrogens is 1. The number of carbonyl (C=O) groups excluding carboxylic acids is 3. The number of benzene rings is 1. The van der Waals surface area contributed by atoms with E-state index in [0.717, 1.165) is 0 Å². The Morgan fingerprint density at radius 2 is 1.73 bits per heavy atom. The molecule has 10 nitrogen and oxygen atoms in total. The molecule has 160 valence electrons. The standard InChI is InChI=1S/C19H23N5O5S/c1-13(19(27)21-11-9-18(26)23-16-4-3-10-20-12-16)24-30(28,29)17-7-5-15(6-8-17)22-14(2)25/h3-8,10,12-13,24H,9,11H2,1-2H3,(H,21,27)(H,22,25)(H,23,26)/t13-/m0/s1. The Hall–Kier alpha value is -3.31. The van der Waals surface area contributed by atoms with Crippen LogP contribution in [0.3, 0.4) is 0 Å². The number of carbonyl (C=O) groups is 3. The summed E-state index contributed by atoms with van der Waals surface area (Å²) in [6.45, 7) is 2.78. The fraction of sp³-hybridized carbons (Fsp3) is 0.263. The Morgan fingerprint density at radius 3 is 2.33 bits per heavy atom. The molecule has 0 saturated heterocycles. The smallest absolute Gasteiger partial charge is 0.241 e. The highest BCUT2D eigenvalue weighted by molar-refractivity contribution is 7.89. The van der Waals surface area contributed by atoms with E-state index in [4.69, 9.17) is 0 Å². The van der Waals surface area contributed by atoms with Crippen LogP contribution in [0.4, 0.5) is 11.4 Å². The van der Waals surface area contributed by atoms with Gasteiger partial charge in [0.15, 0.2) is 0 Å². The van der Waals surface area contributed by atoms with Gasteiger partial charge in [-0.15, -0.1) is 0 Å². The Balaban J connectivity index is 1.82. The molecule has 0 radical (unpaired) electrons. The van der Waals surface area contributed by atoms with Gasteiger partial charge in [-0.1, -0.05) is 0 Å². The molecule has 30 heavy (non-hydrogen) atoms. The second kappa shape index (κ2) is 10.5. The molecule has 0 fully saturated rings. The molecule has 11 heteroatoms. The fourth-order valence-corrected chi connectivity index (χ4v) is 3.59. The molecule has 1 atom stereocenters. The predicted molar refractivity (Wildman–Crippen MR) is 111 cm³/mol. The van der Waals surface area contributed by atoms with Crippen LogP contribution in [0.2, 0.25) is 0 Å². The normalized spacial score (nSPS) is 11.9. The van der Waals surface area contributed by atoms with Crippen molar-refractivity contribution in [2.75, 3.05) is 17.2 Å². The van der Waals surface area contributed by atoms with Gasteiger partial charge in [0.1, 0.15) is 0 Å². The van der Waals surface area contributed by atoms with Gasteiger partial charge in [-0.25, -0.2) is 8.42 Å². The molecule has 0 saturated carbocycles. The molecule has 0 aliphatic heterocycles. The molecule has 2 aromatic rings. The maximum atomic E-state index is 12.4. The summed E-state index contributed by atoms with van der Waals surface area (Å²) in [4.78, 5) is 38.8. The quantitative estimate of drug-likeness (QED) is 0.461. The van der Waals surface area contributed by atoms with Crippen molar-refractivity contribution in [3.63, 3.8) is 0 Å². The van der Waals surface area contributed by atoms with Gasteiger partial charge in [-0.3, -0.25) is 19.4 Å². The molecule has 0 aliphatic carbocycles. The predicted octanol–water partition coefficient (Wildman–Crippen LogP) is 0.852. The lowest BCUT2D eigenvalue weighted by Crippen LogP contribution is -2.45. The largest absolute Gasteiger partial charge is 0.354 e. The topological polar surface area (TPSA) is 146 Å². The minimum Gasteiger partial charge on any atom is -0.354 e. The van der Waals surface area contributed by atoms with Crippen molar-refractivity contribution in [2.45, 2.75) is 31.2 Å². The Labute approximate surface area is 174 Å². The van der Waals surface area contributed by atoms with Crippen LogP contribution < -0.4 is 20.7 Å². The molecule has 0 spiro atoms. The summed E-state index contributed by atoms with van der Waals surface area (Å²) in [5.41, 5.74) is 0.997. The van der Waals surface area contributed by atoms with E-state index < -0.39 is 22.0 Å². The molecule has 4 N–H and O–H groups in total. The van der Waals surface area contributed by atoms with E-state index in [1.54, 1.807) is 18.3 Å². The Bertz CT molecular complexity index is 994. The van der Waals surface area contributed by atoms with Crippen LogP contribution in [0.1, 0.15) is 20.3 Å². The maximum Gasteiger partial charge on any atom is 0.241 e. The maximum absolute atomic E-state index is 12.4. The van der Waals surface area contributed by atoms with E-state index in [-0.39, 0.29) is 29.7 Å². The molecule has 1 heterocycles. The van der Waals surface area contributed by atoms with Crippen LogP contribution in [0.5, 0.6) is 0 Å². The first-order valence-electron chi connectivity index (χ1n) is 9.05. The number of amides is 3. The number of sulfonamides is 1. The van der Waals surface area contributed by atoms with Crippen LogP contribution in [-0.4, -0.2) is 43.7 Å². The van der Waals surface area contributed by atoms with E-state index >= 15 is 0 Å². The first-order chi connectivity index (χ1) is 14.2. The van der Waals surface area contributed by atoms with Crippen LogP contribution in [0, 0.1) is 0 Å². The van der Waals surface area contributed by atoms with E-state index in [1.165, 1.54) is 44.3 Å². The van der Waals surface area contributed by atoms with Crippen LogP contribution in [-0.2, 0) is 24.4 Å². The van der Waals surface area contributed by atoms with Gasteiger partial charge in [-0.05, 0) is 43.3 Å². The molecular formula is C19H23N5O5S. The average molecular weight is 433 g/mol. The molecule has 2 rings (SSSR count). The summed E-state index contributed by atoms with van der Waals surface area (Å²) in [5, 5.41) is 7.68. The number of nitrogens with zero attached hydrogens (tertiary/aromatic N) is 1. The average Bonchev–Trinajstić information content (AvgIpc) is 2.68. The van der Waals surface area contributed by atoms with Crippen molar-refractivity contribution < 1.29 is 22.8 Å². The number of anilines is 2. The summed E-state index contributed by atoms with van der Waals surface area (Å²) in [5.74, 6) is -1.15. The molecule has 1 aromatic heterocycles. The highest BCUT2D eigenvalue weighted by atomic mass is 32.2. The Morgan fingerprint density at radius 1 is 1.03 bits per heavy atom. The minimum absolute atomic E-state index is 0.0186. The van der Waals surface area contributed by atoms with Gasteiger partial charge in [0, 0.05) is 31.8 Å². The summed E-state index contributed by atoms with van der Waals surface area (Å²) < 4.78 is 27.1. The number of rotatable bonds is 9. The number of pyridine rings is 1. The van der Waals surface area contributed by atoms with E-state index in [9.17, 15) is 22.8 Å². The summed E-state index contributed by atoms with van der Waals surface area (Å²) in [6.07, 6.45) is 3.09. The zero-order chi connectivity index (χ0) is 22.1. The zero-order valence-corrected chi connectivity index (χ0v) is 17.3. The first-order valence-corrected chi connectivity index (χ1v) is 10.5. The highest BCUT2D eigenvalue weighted by Crippen LogP contribution is 2.14. The highest BCUT2D eigenvalue weighted by Gasteiger charge is 2.22. The lowest BCUT2D eigenvalue weighted by atomic mass is 10.3. The SMILES string of the molecule is CC(=O)Nc1ccc(S(=O)(=O)N[C@@H](C)C(=O)NCCC(=O)Nc2cccnc2)cc1. The third kappa shape index (κ3) is 7.26. The van der Waals surface area contributed by atoms with Crippen molar-refractivity contribution in [3.05, 3.63) is 48.8 Å². The molecule has 3 amide bonds. The van der Waals surface area contributed by atoms with Gasteiger partial charge in [-0.2, -0.15) is 4.72 Å². The summed E-state index contributed by atoms with van der Waals surface area (Å²) in [7, 11) is -3.94. The van der Waals surface area contributed by atoms with Gasteiger partial charge < -0.3 is 16.0 Å². The lowest BCUT2D eigenvalue weighted by Gasteiger charge is -2.15. The summed E-state index contributed by atoms with van der Waals surface area (Å²) in [6, 6.07) is 7.85. The minimum atomic E-state index is -3.94. The van der Waals surface area contributed by atoms with Crippen LogP contribution in [0.15, 0.2) is 53.7 Å². The monoisotopic (exact) mass is 433 g/mol.